The number of ether oxygens (including phenoxy) is 1. The first-order valence-electron chi connectivity index (χ1n) is 5.69. The van der Waals surface area contributed by atoms with E-state index in [0.717, 1.165) is 12.6 Å². The lowest BCUT2D eigenvalue weighted by molar-refractivity contribution is -0.385. The molecule has 1 aromatic rings. The highest BCUT2D eigenvalue weighted by Crippen LogP contribution is 2.32. The number of halogens is 1. The molecule has 19 heavy (non-hydrogen) atoms. The van der Waals surface area contributed by atoms with Gasteiger partial charge in [0.15, 0.2) is 0 Å². The lowest BCUT2D eigenvalue weighted by atomic mass is 10.2. The molecular formula is C11H12ClN3O4. The number of hydrogen-bond donors (Lipinski definition) is 0. The van der Waals surface area contributed by atoms with Crippen molar-refractivity contribution in [2.45, 2.75) is 18.9 Å². The average molecular weight is 286 g/mol. The fraction of sp³-hybridized carbons (Fsp3) is 0.455. The Morgan fingerprint density at radius 3 is 3.00 bits per heavy atom. The van der Waals surface area contributed by atoms with Crippen LogP contribution in [-0.2, 0) is 9.53 Å². The quantitative estimate of drug-likeness (QED) is 0.478. The minimum Gasteiger partial charge on any atom is -0.467 e. The molecule has 1 aromatic heterocycles. The van der Waals surface area contributed by atoms with Crippen molar-refractivity contribution in [2.75, 3.05) is 18.6 Å². The van der Waals surface area contributed by atoms with Gasteiger partial charge >= 0.3 is 5.97 Å². The van der Waals surface area contributed by atoms with Crippen molar-refractivity contribution in [3.05, 3.63) is 27.4 Å². The Morgan fingerprint density at radius 2 is 2.42 bits per heavy atom. The highest BCUT2D eigenvalue weighted by Gasteiger charge is 2.33. The van der Waals surface area contributed by atoms with Gasteiger partial charge in [-0.05, 0) is 12.8 Å². The first-order valence-corrected chi connectivity index (χ1v) is 6.06. The van der Waals surface area contributed by atoms with Crippen LogP contribution in [0, 0.1) is 10.1 Å². The van der Waals surface area contributed by atoms with E-state index < -0.39 is 11.0 Å². The number of methoxy groups -OCH3 is 1. The Labute approximate surface area is 114 Å². The molecule has 1 aliphatic rings. The molecule has 7 nitrogen and oxygen atoms in total. The van der Waals surface area contributed by atoms with E-state index in [2.05, 4.69) is 4.98 Å². The Morgan fingerprint density at radius 1 is 1.68 bits per heavy atom. The van der Waals surface area contributed by atoms with Crippen LogP contribution >= 0.6 is 11.6 Å². The Kier molecular flexibility index (Phi) is 3.84. The van der Waals surface area contributed by atoms with Crippen molar-refractivity contribution in [3.63, 3.8) is 0 Å². The number of nitrogens with zero attached hydrogens (tertiary/aromatic N) is 3. The zero-order valence-corrected chi connectivity index (χ0v) is 11.0. The van der Waals surface area contributed by atoms with Gasteiger partial charge in [0.25, 0.3) is 5.69 Å². The number of carbonyl (C=O) groups excluding carboxylic acids is 1. The van der Waals surface area contributed by atoms with Gasteiger partial charge in [-0.2, -0.15) is 0 Å². The summed E-state index contributed by atoms with van der Waals surface area (Å²) in [6.07, 6.45) is 2.60. The molecule has 1 atom stereocenters. The van der Waals surface area contributed by atoms with E-state index in [1.54, 1.807) is 4.90 Å². The third kappa shape index (κ3) is 2.60. The van der Waals surface area contributed by atoms with Crippen LogP contribution in [0.4, 0.5) is 11.5 Å². The maximum absolute atomic E-state index is 11.6. The summed E-state index contributed by atoms with van der Waals surface area (Å²) in [7, 11) is 1.32. The number of hydrogen-bond acceptors (Lipinski definition) is 6. The molecule has 0 saturated carbocycles. The third-order valence-electron chi connectivity index (χ3n) is 3.02. The van der Waals surface area contributed by atoms with Crippen LogP contribution in [0.2, 0.25) is 5.02 Å². The first-order chi connectivity index (χ1) is 9.04. The van der Waals surface area contributed by atoms with Gasteiger partial charge in [-0.15, -0.1) is 0 Å². The molecular weight excluding hydrogens is 274 g/mol. The summed E-state index contributed by atoms with van der Waals surface area (Å²) in [6, 6.07) is 0.799. The summed E-state index contributed by atoms with van der Waals surface area (Å²) in [5.41, 5.74) is -0.178. The number of anilines is 1. The normalized spacial score (nSPS) is 18.4. The van der Waals surface area contributed by atoms with Crippen LogP contribution in [0.1, 0.15) is 12.8 Å². The minimum atomic E-state index is -0.565. The van der Waals surface area contributed by atoms with Gasteiger partial charge in [0.05, 0.1) is 17.1 Å². The number of carbonyl (C=O) groups is 1. The number of nitro groups is 1. The van der Waals surface area contributed by atoms with Crippen LogP contribution in [0.15, 0.2) is 12.3 Å². The van der Waals surface area contributed by atoms with Gasteiger partial charge in [-0.3, -0.25) is 10.1 Å². The van der Waals surface area contributed by atoms with Crippen LogP contribution in [-0.4, -0.2) is 35.6 Å². The van der Waals surface area contributed by atoms with Crippen LogP contribution in [0.25, 0.3) is 0 Å². The molecule has 0 amide bonds. The van der Waals surface area contributed by atoms with Crippen molar-refractivity contribution >= 4 is 29.1 Å². The van der Waals surface area contributed by atoms with Gasteiger partial charge in [-0.25, -0.2) is 9.78 Å². The minimum absolute atomic E-state index is 0.157. The predicted molar refractivity (Wildman–Crippen MR) is 68.3 cm³/mol. The largest absolute Gasteiger partial charge is 0.467 e. The molecule has 2 rings (SSSR count). The lowest BCUT2D eigenvalue weighted by Gasteiger charge is -2.24. The van der Waals surface area contributed by atoms with Gasteiger partial charge in [0, 0.05) is 12.6 Å². The van der Waals surface area contributed by atoms with Crippen molar-refractivity contribution in [1.82, 2.24) is 4.98 Å². The lowest BCUT2D eigenvalue weighted by Crippen LogP contribution is -2.37. The molecule has 102 valence electrons. The van der Waals surface area contributed by atoms with Crippen LogP contribution in [0.5, 0.6) is 0 Å². The van der Waals surface area contributed by atoms with Crippen molar-refractivity contribution < 1.29 is 14.5 Å². The van der Waals surface area contributed by atoms with Gasteiger partial charge in [0.1, 0.15) is 18.1 Å². The first kappa shape index (κ1) is 13.5. The van der Waals surface area contributed by atoms with E-state index in [1.807, 2.05) is 0 Å². The fourth-order valence-electron chi connectivity index (χ4n) is 2.13. The molecule has 0 N–H and O–H groups in total. The molecule has 1 fully saturated rings. The molecule has 0 aliphatic carbocycles. The maximum atomic E-state index is 11.6. The Bertz CT molecular complexity index is 523. The van der Waals surface area contributed by atoms with Gasteiger partial charge in [0.2, 0.25) is 0 Å². The standard InChI is InChI=1S/C11H12ClN3O4/c1-19-11(16)9-3-2-4-14(9)10-8(12)5-7(6-13-10)15(17)18/h5-6,9H,2-4H2,1H3. The summed E-state index contributed by atoms with van der Waals surface area (Å²) >= 11 is 6.01. The topological polar surface area (TPSA) is 85.6 Å². The molecule has 0 radical (unpaired) electrons. The van der Waals surface area contributed by atoms with E-state index >= 15 is 0 Å². The average Bonchev–Trinajstić information content (AvgIpc) is 2.86. The summed E-state index contributed by atoms with van der Waals surface area (Å²) in [5, 5.41) is 10.8. The highest BCUT2D eigenvalue weighted by atomic mass is 35.5. The van der Waals surface area contributed by atoms with E-state index in [4.69, 9.17) is 16.3 Å². The van der Waals surface area contributed by atoms with Crippen molar-refractivity contribution in [3.8, 4) is 0 Å². The summed E-state index contributed by atoms with van der Waals surface area (Å²) in [5.74, 6) is 0.0221. The van der Waals surface area contributed by atoms with Crippen molar-refractivity contribution in [1.29, 1.82) is 0 Å². The molecule has 2 heterocycles. The SMILES string of the molecule is COC(=O)C1CCCN1c1ncc([N+](=O)[O-])cc1Cl. The highest BCUT2D eigenvalue weighted by molar-refractivity contribution is 6.33. The molecule has 1 saturated heterocycles. The molecule has 0 bridgehead atoms. The second-order valence-electron chi connectivity index (χ2n) is 4.13. The Hall–Kier alpha value is -1.89. The fourth-order valence-corrected chi connectivity index (χ4v) is 2.40. The third-order valence-corrected chi connectivity index (χ3v) is 3.29. The van der Waals surface area contributed by atoms with E-state index in [1.165, 1.54) is 13.2 Å². The number of esters is 1. The summed E-state index contributed by atoms with van der Waals surface area (Å²) in [4.78, 5) is 27.4. The summed E-state index contributed by atoms with van der Waals surface area (Å²) < 4.78 is 4.73. The zero-order valence-electron chi connectivity index (χ0n) is 10.2. The van der Waals surface area contributed by atoms with E-state index in [0.29, 0.717) is 18.8 Å². The van der Waals surface area contributed by atoms with E-state index in [-0.39, 0.29) is 16.7 Å². The zero-order chi connectivity index (χ0) is 14.0. The summed E-state index contributed by atoms with van der Waals surface area (Å²) in [6.45, 7) is 0.615. The van der Waals surface area contributed by atoms with Gasteiger partial charge < -0.3 is 9.64 Å². The number of aromatic nitrogens is 1. The maximum Gasteiger partial charge on any atom is 0.328 e. The second kappa shape index (κ2) is 5.40. The van der Waals surface area contributed by atoms with Crippen LogP contribution in [0.3, 0.4) is 0 Å². The Balaban J connectivity index is 2.31. The van der Waals surface area contributed by atoms with Crippen molar-refractivity contribution in [2.24, 2.45) is 0 Å². The number of rotatable bonds is 3. The molecule has 8 heteroatoms. The second-order valence-corrected chi connectivity index (χ2v) is 4.54. The van der Waals surface area contributed by atoms with E-state index in [9.17, 15) is 14.9 Å². The monoisotopic (exact) mass is 285 g/mol. The molecule has 1 unspecified atom stereocenters. The van der Waals surface area contributed by atoms with Gasteiger partial charge in [-0.1, -0.05) is 11.6 Å². The smallest absolute Gasteiger partial charge is 0.328 e. The predicted octanol–water partition coefficient (Wildman–Crippen LogP) is 1.78. The number of pyridine rings is 1. The molecule has 0 aromatic carbocycles. The molecule has 0 spiro atoms. The van der Waals surface area contributed by atoms with Crippen LogP contribution < -0.4 is 4.90 Å². The molecule has 1 aliphatic heterocycles.